The minimum Gasteiger partial charge on any atom is -0.356 e. The zero-order valence-electron chi connectivity index (χ0n) is 12.7. The third-order valence-corrected chi connectivity index (χ3v) is 4.62. The van der Waals surface area contributed by atoms with E-state index in [0.717, 1.165) is 22.4 Å². The van der Waals surface area contributed by atoms with Crippen LogP contribution in [0, 0.1) is 0 Å². The van der Waals surface area contributed by atoms with Crippen molar-refractivity contribution in [2.75, 3.05) is 5.32 Å². The van der Waals surface area contributed by atoms with Crippen LogP contribution < -0.4 is 5.32 Å². The van der Waals surface area contributed by atoms with Crippen LogP contribution in [0.1, 0.15) is 29.0 Å². The number of hydrogen-bond donors (Lipinski definition) is 1. The van der Waals surface area contributed by atoms with Gasteiger partial charge in [0.1, 0.15) is 6.10 Å². The van der Waals surface area contributed by atoms with Gasteiger partial charge in [0.2, 0.25) is 0 Å². The average Bonchev–Trinajstić information content (AvgIpc) is 2.62. The number of benzene rings is 3. The molecule has 1 heterocycles. The molecule has 0 fully saturated rings. The first-order valence-electron chi connectivity index (χ1n) is 7.72. The fraction of sp³-hybridized carbons (Fsp3) is 0.100. The van der Waals surface area contributed by atoms with Crippen LogP contribution >= 0.6 is 23.2 Å². The molecule has 0 radical (unpaired) electrons. The Morgan fingerprint density at radius 2 is 1.46 bits per heavy atom. The molecule has 4 heteroatoms. The number of anilines is 1. The van der Waals surface area contributed by atoms with Crippen molar-refractivity contribution in [3.8, 4) is 0 Å². The maximum atomic E-state index is 6.37. The van der Waals surface area contributed by atoms with E-state index in [4.69, 9.17) is 27.9 Å². The van der Waals surface area contributed by atoms with E-state index in [2.05, 4.69) is 17.4 Å². The van der Waals surface area contributed by atoms with Crippen molar-refractivity contribution in [3.63, 3.8) is 0 Å². The van der Waals surface area contributed by atoms with Crippen molar-refractivity contribution in [1.29, 1.82) is 0 Å². The topological polar surface area (TPSA) is 21.3 Å². The summed E-state index contributed by atoms with van der Waals surface area (Å²) in [4.78, 5) is 0. The van der Waals surface area contributed by atoms with Crippen molar-refractivity contribution in [1.82, 2.24) is 0 Å². The molecule has 0 spiro atoms. The first-order chi connectivity index (χ1) is 11.7. The quantitative estimate of drug-likeness (QED) is 0.588. The molecular formula is C20H15Cl2NO. The molecule has 0 saturated carbocycles. The zero-order chi connectivity index (χ0) is 16.5. The molecule has 0 bridgehead atoms. The summed E-state index contributed by atoms with van der Waals surface area (Å²) in [5.74, 6) is 0. The predicted octanol–water partition coefficient (Wildman–Crippen LogP) is 6.22. The van der Waals surface area contributed by atoms with Gasteiger partial charge in [0.05, 0.1) is 0 Å². The third-order valence-electron chi connectivity index (χ3n) is 4.13. The Kier molecular flexibility index (Phi) is 4.19. The van der Waals surface area contributed by atoms with Crippen LogP contribution in [0.15, 0.2) is 72.8 Å². The highest BCUT2D eigenvalue weighted by molar-refractivity contribution is 6.31. The highest BCUT2D eigenvalue weighted by atomic mass is 35.5. The summed E-state index contributed by atoms with van der Waals surface area (Å²) in [5.41, 5.74) is 4.20. The molecule has 0 saturated heterocycles. The second-order valence-electron chi connectivity index (χ2n) is 5.73. The highest BCUT2D eigenvalue weighted by Gasteiger charge is 2.29. The van der Waals surface area contributed by atoms with Gasteiger partial charge in [-0.05, 0) is 35.9 Å². The van der Waals surface area contributed by atoms with E-state index < -0.39 is 0 Å². The van der Waals surface area contributed by atoms with Crippen molar-refractivity contribution in [2.45, 2.75) is 12.3 Å². The largest absolute Gasteiger partial charge is 0.356 e. The Balaban J connectivity index is 1.77. The number of nitrogens with one attached hydrogen (secondary N) is 1. The van der Waals surface area contributed by atoms with E-state index in [1.165, 1.54) is 0 Å². The SMILES string of the molecule is Clc1ccc([C@H]2Nc3ccc(Cl)cc3[C@@H](c3ccccc3)O2)cc1. The summed E-state index contributed by atoms with van der Waals surface area (Å²) in [7, 11) is 0. The van der Waals surface area contributed by atoms with E-state index >= 15 is 0 Å². The zero-order valence-corrected chi connectivity index (χ0v) is 14.3. The summed E-state index contributed by atoms with van der Waals surface area (Å²) in [6.45, 7) is 0. The monoisotopic (exact) mass is 355 g/mol. The Morgan fingerprint density at radius 3 is 2.21 bits per heavy atom. The molecule has 0 unspecified atom stereocenters. The van der Waals surface area contributed by atoms with Crippen LogP contribution in [0.2, 0.25) is 10.0 Å². The van der Waals surface area contributed by atoms with Gasteiger partial charge in [0.25, 0.3) is 0 Å². The minimum atomic E-state index is -0.249. The number of rotatable bonds is 2. The summed E-state index contributed by atoms with van der Waals surface area (Å²) in [5, 5.41) is 4.84. The normalized spacial score (nSPS) is 19.4. The second kappa shape index (κ2) is 6.48. The van der Waals surface area contributed by atoms with Gasteiger partial charge in [-0.25, -0.2) is 0 Å². The molecule has 3 aromatic carbocycles. The molecule has 1 aliphatic rings. The molecule has 0 amide bonds. The average molecular weight is 356 g/mol. The van der Waals surface area contributed by atoms with Gasteiger partial charge in [-0.15, -0.1) is 0 Å². The lowest BCUT2D eigenvalue weighted by Gasteiger charge is -2.34. The fourth-order valence-electron chi connectivity index (χ4n) is 2.95. The number of halogens is 2. The van der Waals surface area contributed by atoms with Crippen LogP contribution in [0.3, 0.4) is 0 Å². The smallest absolute Gasteiger partial charge is 0.155 e. The molecule has 1 aliphatic heterocycles. The third kappa shape index (κ3) is 3.01. The Labute approximate surface area is 151 Å². The summed E-state index contributed by atoms with van der Waals surface area (Å²) >= 11 is 12.2. The van der Waals surface area contributed by atoms with Gasteiger partial charge in [-0.3, -0.25) is 0 Å². The van der Waals surface area contributed by atoms with Gasteiger partial charge in [0, 0.05) is 26.9 Å². The molecule has 0 aliphatic carbocycles. The molecule has 4 rings (SSSR count). The summed E-state index contributed by atoms with van der Waals surface area (Å²) in [6, 6.07) is 23.7. The van der Waals surface area contributed by atoms with Crippen LogP contribution in [0.4, 0.5) is 5.69 Å². The maximum Gasteiger partial charge on any atom is 0.155 e. The first kappa shape index (κ1) is 15.5. The van der Waals surface area contributed by atoms with Gasteiger partial charge in [-0.2, -0.15) is 0 Å². The van der Waals surface area contributed by atoms with Gasteiger partial charge in [0.15, 0.2) is 6.23 Å². The van der Waals surface area contributed by atoms with Gasteiger partial charge >= 0.3 is 0 Å². The van der Waals surface area contributed by atoms with Crippen LogP contribution in [0.5, 0.6) is 0 Å². The Bertz CT molecular complexity index is 849. The van der Waals surface area contributed by atoms with Crippen LogP contribution in [-0.2, 0) is 4.74 Å². The molecule has 3 aromatic rings. The van der Waals surface area contributed by atoms with Crippen LogP contribution in [-0.4, -0.2) is 0 Å². The predicted molar refractivity (Wildman–Crippen MR) is 98.6 cm³/mol. The maximum absolute atomic E-state index is 6.37. The molecule has 0 aromatic heterocycles. The lowest BCUT2D eigenvalue weighted by Crippen LogP contribution is -2.25. The van der Waals surface area contributed by atoms with Crippen LogP contribution in [0.25, 0.3) is 0 Å². The van der Waals surface area contributed by atoms with Crippen molar-refractivity contribution < 1.29 is 4.74 Å². The summed E-state index contributed by atoms with van der Waals surface area (Å²) < 4.78 is 6.37. The fourth-order valence-corrected chi connectivity index (χ4v) is 3.26. The van der Waals surface area contributed by atoms with E-state index in [1.54, 1.807) is 0 Å². The van der Waals surface area contributed by atoms with E-state index in [0.29, 0.717) is 10.0 Å². The molecule has 2 atom stereocenters. The van der Waals surface area contributed by atoms with E-state index in [9.17, 15) is 0 Å². The first-order valence-corrected chi connectivity index (χ1v) is 8.48. The van der Waals surface area contributed by atoms with E-state index in [-0.39, 0.29) is 12.3 Å². The minimum absolute atomic E-state index is 0.179. The summed E-state index contributed by atoms with van der Waals surface area (Å²) in [6.07, 6.45) is -0.428. The molecular weight excluding hydrogens is 341 g/mol. The Morgan fingerprint density at radius 1 is 0.750 bits per heavy atom. The molecule has 120 valence electrons. The standard InChI is InChI=1S/C20H15Cl2NO/c21-15-8-6-14(7-9-15)20-23-18-11-10-16(22)12-17(18)19(24-20)13-4-2-1-3-5-13/h1-12,19-20,23H/t19-,20+/m1/s1. The molecule has 24 heavy (non-hydrogen) atoms. The Hall–Kier alpha value is -2.00. The van der Waals surface area contributed by atoms with Crippen molar-refractivity contribution >= 4 is 28.9 Å². The lowest BCUT2D eigenvalue weighted by atomic mass is 9.97. The number of hydrogen-bond acceptors (Lipinski definition) is 2. The van der Waals surface area contributed by atoms with E-state index in [1.807, 2.05) is 60.7 Å². The lowest BCUT2D eigenvalue weighted by molar-refractivity contribution is 0.0157. The number of fused-ring (bicyclic) bond motifs is 1. The molecule has 2 nitrogen and oxygen atoms in total. The van der Waals surface area contributed by atoms with Gasteiger partial charge in [-0.1, -0.05) is 65.7 Å². The highest BCUT2D eigenvalue weighted by Crippen LogP contribution is 2.42. The van der Waals surface area contributed by atoms with Gasteiger partial charge < -0.3 is 10.1 Å². The van der Waals surface area contributed by atoms with Crippen molar-refractivity contribution in [3.05, 3.63) is 99.5 Å². The molecule has 1 N–H and O–H groups in total. The van der Waals surface area contributed by atoms with Crippen molar-refractivity contribution in [2.24, 2.45) is 0 Å². The second-order valence-corrected chi connectivity index (χ2v) is 6.61. The number of ether oxygens (including phenoxy) is 1.